The first-order valence-corrected chi connectivity index (χ1v) is 6.98. The highest BCUT2D eigenvalue weighted by molar-refractivity contribution is 7.11. The van der Waals surface area contributed by atoms with Crippen molar-refractivity contribution in [3.05, 3.63) is 15.6 Å². The zero-order valence-corrected chi connectivity index (χ0v) is 11.5. The molecule has 1 fully saturated rings. The van der Waals surface area contributed by atoms with Crippen LogP contribution < -0.4 is 0 Å². The Morgan fingerprint density at radius 3 is 3.06 bits per heavy atom. The zero-order valence-electron chi connectivity index (χ0n) is 10.7. The highest BCUT2D eigenvalue weighted by Gasteiger charge is 2.26. The van der Waals surface area contributed by atoms with E-state index in [-0.39, 0.29) is 11.8 Å². The second kappa shape index (κ2) is 5.77. The molecule has 1 aromatic rings. The van der Waals surface area contributed by atoms with Crippen molar-refractivity contribution in [3.63, 3.8) is 0 Å². The summed E-state index contributed by atoms with van der Waals surface area (Å²) in [5.41, 5.74) is 0.159. The van der Waals surface area contributed by atoms with Gasteiger partial charge in [-0.3, -0.25) is 4.90 Å². The predicted molar refractivity (Wildman–Crippen MR) is 69.2 cm³/mol. The number of morpholine rings is 1. The number of aryl methyl sites for hydroxylation is 1. The SMILES string of the molecule is CCCN1CCOC(c2nc(C(=O)O)c(C)s2)C1. The average Bonchev–Trinajstić information content (AvgIpc) is 2.72. The summed E-state index contributed by atoms with van der Waals surface area (Å²) in [5, 5.41) is 9.79. The van der Waals surface area contributed by atoms with Gasteiger partial charge in [0.25, 0.3) is 0 Å². The maximum Gasteiger partial charge on any atom is 0.355 e. The van der Waals surface area contributed by atoms with Crippen molar-refractivity contribution in [1.29, 1.82) is 0 Å². The van der Waals surface area contributed by atoms with Crippen molar-refractivity contribution in [2.75, 3.05) is 26.2 Å². The molecule has 1 saturated heterocycles. The van der Waals surface area contributed by atoms with E-state index < -0.39 is 5.97 Å². The summed E-state index contributed by atoms with van der Waals surface area (Å²) in [6.45, 7) is 7.43. The topological polar surface area (TPSA) is 62.7 Å². The van der Waals surface area contributed by atoms with Gasteiger partial charge in [0.2, 0.25) is 0 Å². The summed E-state index contributed by atoms with van der Waals surface area (Å²) in [5.74, 6) is -0.962. The minimum absolute atomic E-state index is 0.0814. The molecule has 2 rings (SSSR count). The Morgan fingerprint density at radius 1 is 1.67 bits per heavy atom. The highest BCUT2D eigenvalue weighted by atomic mass is 32.1. The van der Waals surface area contributed by atoms with Gasteiger partial charge < -0.3 is 9.84 Å². The van der Waals surface area contributed by atoms with Gasteiger partial charge in [-0.15, -0.1) is 11.3 Å². The molecule has 0 aliphatic carbocycles. The smallest absolute Gasteiger partial charge is 0.355 e. The molecule has 100 valence electrons. The lowest BCUT2D eigenvalue weighted by Gasteiger charge is -2.31. The Balaban J connectivity index is 2.11. The second-order valence-electron chi connectivity index (χ2n) is 4.42. The number of aromatic nitrogens is 1. The van der Waals surface area contributed by atoms with Gasteiger partial charge in [0.15, 0.2) is 5.69 Å². The zero-order chi connectivity index (χ0) is 13.1. The molecule has 1 atom stereocenters. The van der Waals surface area contributed by atoms with Crippen LogP contribution in [0.25, 0.3) is 0 Å². The van der Waals surface area contributed by atoms with E-state index in [9.17, 15) is 4.79 Å². The second-order valence-corrected chi connectivity index (χ2v) is 5.66. The summed E-state index contributed by atoms with van der Waals surface area (Å²) in [6, 6.07) is 0. The molecule has 0 bridgehead atoms. The maximum absolute atomic E-state index is 11.0. The summed E-state index contributed by atoms with van der Waals surface area (Å²) in [7, 11) is 0. The van der Waals surface area contributed by atoms with E-state index in [1.54, 1.807) is 6.92 Å². The molecule has 0 saturated carbocycles. The van der Waals surface area contributed by atoms with Crippen molar-refractivity contribution >= 4 is 17.3 Å². The van der Waals surface area contributed by atoms with E-state index in [1.807, 2.05) is 0 Å². The molecule has 1 unspecified atom stereocenters. The summed E-state index contributed by atoms with van der Waals surface area (Å²) in [6.07, 6.45) is 1.03. The summed E-state index contributed by atoms with van der Waals surface area (Å²) in [4.78, 5) is 18.3. The van der Waals surface area contributed by atoms with Crippen LogP contribution in [-0.4, -0.2) is 47.2 Å². The van der Waals surface area contributed by atoms with Crippen molar-refractivity contribution < 1.29 is 14.6 Å². The number of carbonyl (C=O) groups is 1. The Bertz CT molecular complexity index is 431. The highest BCUT2D eigenvalue weighted by Crippen LogP contribution is 2.28. The van der Waals surface area contributed by atoms with Crippen LogP contribution in [0.15, 0.2) is 0 Å². The fourth-order valence-corrected chi connectivity index (χ4v) is 3.08. The Hall–Kier alpha value is -0.980. The first kappa shape index (κ1) is 13.5. The van der Waals surface area contributed by atoms with E-state index in [4.69, 9.17) is 9.84 Å². The van der Waals surface area contributed by atoms with Crippen LogP contribution in [0.3, 0.4) is 0 Å². The predicted octanol–water partition coefficient (Wildman–Crippen LogP) is 1.93. The third-order valence-corrected chi connectivity index (χ3v) is 4.04. The number of carboxylic acids is 1. The third-order valence-electron chi connectivity index (χ3n) is 2.98. The average molecular weight is 270 g/mol. The first-order valence-electron chi connectivity index (χ1n) is 6.16. The molecule has 6 heteroatoms. The molecule has 2 heterocycles. The number of nitrogens with zero attached hydrogens (tertiary/aromatic N) is 2. The lowest BCUT2D eigenvalue weighted by atomic mass is 10.2. The van der Waals surface area contributed by atoms with Crippen LogP contribution >= 0.6 is 11.3 Å². The van der Waals surface area contributed by atoms with Crippen molar-refractivity contribution in [3.8, 4) is 0 Å². The van der Waals surface area contributed by atoms with E-state index in [0.29, 0.717) is 6.61 Å². The molecule has 1 N–H and O–H groups in total. The van der Waals surface area contributed by atoms with Crippen LogP contribution in [0.2, 0.25) is 0 Å². The fraction of sp³-hybridized carbons (Fsp3) is 0.667. The number of carboxylic acid groups (broad SMARTS) is 1. The van der Waals surface area contributed by atoms with E-state index in [2.05, 4.69) is 16.8 Å². The molecule has 0 aromatic carbocycles. The van der Waals surface area contributed by atoms with Crippen LogP contribution in [-0.2, 0) is 4.74 Å². The largest absolute Gasteiger partial charge is 0.476 e. The number of hydrogen-bond acceptors (Lipinski definition) is 5. The molecule has 1 aliphatic rings. The van der Waals surface area contributed by atoms with Gasteiger partial charge in [-0.25, -0.2) is 9.78 Å². The van der Waals surface area contributed by atoms with Crippen LogP contribution in [0.4, 0.5) is 0 Å². The maximum atomic E-state index is 11.0. The normalized spacial score (nSPS) is 21.1. The Labute approximate surface area is 110 Å². The lowest BCUT2D eigenvalue weighted by Crippen LogP contribution is -2.38. The molecule has 0 spiro atoms. The lowest BCUT2D eigenvalue weighted by molar-refractivity contribution is -0.0299. The molecular weight excluding hydrogens is 252 g/mol. The van der Waals surface area contributed by atoms with E-state index in [0.717, 1.165) is 35.9 Å². The molecule has 1 aliphatic heterocycles. The van der Waals surface area contributed by atoms with Gasteiger partial charge in [-0.05, 0) is 19.9 Å². The first-order chi connectivity index (χ1) is 8.61. The summed E-state index contributed by atoms with van der Waals surface area (Å²) < 4.78 is 5.70. The standard InChI is InChI=1S/C12H18N2O3S/c1-3-4-14-5-6-17-9(7-14)11-13-10(12(15)16)8(2)18-11/h9H,3-7H2,1-2H3,(H,15,16). The Morgan fingerprint density at radius 2 is 2.44 bits per heavy atom. The summed E-state index contributed by atoms with van der Waals surface area (Å²) >= 11 is 1.43. The molecule has 1 aromatic heterocycles. The monoisotopic (exact) mass is 270 g/mol. The van der Waals surface area contributed by atoms with Crippen molar-refractivity contribution in [1.82, 2.24) is 9.88 Å². The van der Waals surface area contributed by atoms with Gasteiger partial charge in [-0.2, -0.15) is 0 Å². The Kier molecular flexibility index (Phi) is 4.31. The van der Waals surface area contributed by atoms with Crippen molar-refractivity contribution in [2.24, 2.45) is 0 Å². The number of rotatable bonds is 4. The number of ether oxygens (including phenoxy) is 1. The molecule has 5 nitrogen and oxygen atoms in total. The van der Waals surface area contributed by atoms with Crippen LogP contribution in [0.1, 0.15) is 39.8 Å². The molecule has 18 heavy (non-hydrogen) atoms. The van der Waals surface area contributed by atoms with Gasteiger partial charge >= 0.3 is 5.97 Å². The van der Waals surface area contributed by atoms with E-state index >= 15 is 0 Å². The molecular formula is C12H18N2O3S. The third kappa shape index (κ3) is 2.88. The van der Waals surface area contributed by atoms with Gasteiger partial charge in [-0.1, -0.05) is 6.92 Å². The van der Waals surface area contributed by atoms with Gasteiger partial charge in [0.05, 0.1) is 6.61 Å². The van der Waals surface area contributed by atoms with Gasteiger partial charge in [0.1, 0.15) is 11.1 Å². The van der Waals surface area contributed by atoms with E-state index in [1.165, 1.54) is 11.3 Å². The number of hydrogen-bond donors (Lipinski definition) is 1. The van der Waals surface area contributed by atoms with Gasteiger partial charge in [0, 0.05) is 18.0 Å². The van der Waals surface area contributed by atoms with Crippen molar-refractivity contribution in [2.45, 2.75) is 26.4 Å². The molecule has 0 amide bonds. The number of aromatic carboxylic acids is 1. The van der Waals surface area contributed by atoms with Crippen LogP contribution in [0.5, 0.6) is 0 Å². The minimum Gasteiger partial charge on any atom is -0.476 e. The molecule has 0 radical (unpaired) electrons. The quantitative estimate of drug-likeness (QED) is 0.905. The fourth-order valence-electron chi connectivity index (χ4n) is 2.12. The number of thiazole rings is 1. The van der Waals surface area contributed by atoms with Crippen LogP contribution in [0, 0.1) is 6.92 Å². The minimum atomic E-state index is -0.962.